The van der Waals surface area contributed by atoms with Crippen molar-refractivity contribution in [2.75, 3.05) is 13.1 Å². The van der Waals surface area contributed by atoms with Gasteiger partial charge in [-0.25, -0.2) is 18.6 Å². The molecule has 2 aromatic rings. The van der Waals surface area contributed by atoms with Crippen molar-refractivity contribution in [3.63, 3.8) is 0 Å². The van der Waals surface area contributed by atoms with Gasteiger partial charge in [0, 0.05) is 36.8 Å². The van der Waals surface area contributed by atoms with Crippen molar-refractivity contribution in [3.8, 4) is 5.75 Å². The van der Waals surface area contributed by atoms with Crippen molar-refractivity contribution in [3.05, 3.63) is 58.4 Å². The van der Waals surface area contributed by atoms with E-state index in [1.54, 1.807) is 33.8 Å². The fraction of sp³-hybridized carbons (Fsp3) is 0.455. The van der Waals surface area contributed by atoms with E-state index in [9.17, 15) is 18.7 Å². The lowest BCUT2D eigenvalue weighted by Crippen LogP contribution is -2.58. The Morgan fingerprint density at radius 2 is 1.81 bits per heavy atom. The molecule has 1 aliphatic rings. The van der Waals surface area contributed by atoms with E-state index in [1.165, 1.54) is 11.1 Å². The molecule has 1 aromatic carbocycles. The highest BCUT2D eigenvalue weighted by Gasteiger charge is 2.45. The van der Waals surface area contributed by atoms with Gasteiger partial charge < -0.3 is 19.5 Å². The molecule has 31 heavy (non-hydrogen) atoms. The molecule has 168 valence electrons. The summed E-state index contributed by atoms with van der Waals surface area (Å²) in [6.07, 6.45) is 1.01. The molecule has 1 unspecified atom stereocenters. The summed E-state index contributed by atoms with van der Waals surface area (Å²) < 4.78 is 37.7. The number of aliphatic hydroxyl groups is 1. The zero-order chi connectivity index (χ0) is 23.0. The Kier molecular flexibility index (Phi) is 6.43. The second-order valence-corrected chi connectivity index (χ2v) is 9.17. The summed E-state index contributed by atoms with van der Waals surface area (Å²) in [7, 11) is 0. The van der Waals surface area contributed by atoms with Gasteiger partial charge in [-0.15, -0.1) is 0 Å². The summed E-state index contributed by atoms with van der Waals surface area (Å²) in [5.74, 6) is -1.49. The van der Waals surface area contributed by atoms with Gasteiger partial charge in [0.2, 0.25) is 0 Å². The van der Waals surface area contributed by atoms with Crippen molar-refractivity contribution in [2.45, 2.75) is 45.5 Å². The van der Waals surface area contributed by atoms with Gasteiger partial charge in [0.15, 0.2) is 10.9 Å². The Balaban J connectivity index is 1.68. The Hall–Kier alpha value is -2.45. The first-order valence-corrected chi connectivity index (χ1v) is 10.2. The van der Waals surface area contributed by atoms with E-state index in [2.05, 4.69) is 4.98 Å². The zero-order valence-corrected chi connectivity index (χ0v) is 18.5. The number of pyridine rings is 1. The van der Waals surface area contributed by atoms with Crippen LogP contribution in [-0.4, -0.2) is 39.8 Å². The van der Waals surface area contributed by atoms with E-state index in [1.807, 2.05) is 0 Å². The van der Waals surface area contributed by atoms with Gasteiger partial charge in [0.25, 0.3) is 0 Å². The molecule has 1 saturated heterocycles. The maximum absolute atomic E-state index is 13.4. The number of ether oxygens (including phenoxy) is 2. The predicted octanol–water partition coefficient (Wildman–Crippen LogP) is 4.67. The van der Waals surface area contributed by atoms with Crippen molar-refractivity contribution >= 4 is 17.7 Å². The molecule has 0 bridgehead atoms. The van der Waals surface area contributed by atoms with E-state index >= 15 is 0 Å². The molecule has 1 fully saturated rings. The highest BCUT2D eigenvalue weighted by Crippen LogP contribution is 2.38. The third kappa shape index (κ3) is 5.62. The van der Waals surface area contributed by atoms with Crippen molar-refractivity contribution in [1.82, 2.24) is 9.88 Å². The second-order valence-electron chi connectivity index (χ2n) is 8.81. The number of aromatic nitrogens is 1. The molecular formula is C22H25ClF2N2O4. The van der Waals surface area contributed by atoms with Crippen molar-refractivity contribution in [1.29, 1.82) is 0 Å². The lowest BCUT2D eigenvalue weighted by Gasteiger charge is -2.46. The third-order valence-electron chi connectivity index (χ3n) is 5.04. The Morgan fingerprint density at radius 3 is 2.39 bits per heavy atom. The highest BCUT2D eigenvalue weighted by atomic mass is 35.5. The summed E-state index contributed by atoms with van der Waals surface area (Å²) in [5.41, 5.74) is -1.16. The number of likely N-dealkylation sites (tertiary alicyclic amines) is 1. The fourth-order valence-corrected chi connectivity index (χ4v) is 3.36. The van der Waals surface area contributed by atoms with Crippen LogP contribution in [-0.2, 0) is 16.9 Å². The van der Waals surface area contributed by atoms with Crippen molar-refractivity contribution in [2.24, 2.45) is 5.92 Å². The lowest BCUT2D eigenvalue weighted by molar-refractivity contribution is -0.0817. The standard InChI is InChI=1S/C22H25ClF2N2O4/c1-21(2,3)31-20(28)27-10-15(11-27)22(4,29)14-7-18(19(23)26-9-14)30-12-13-5-16(24)8-17(25)6-13/h5-9,15,29H,10-12H2,1-4H3. The van der Waals surface area contributed by atoms with Crippen LogP contribution < -0.4 is 4.74 Å². The largest absolute Gasteiger partial charge is 0.486 e. The molecule has 1 N–H and O–H groups in total. The topological polar surface area (TPSA) is 71.9 Å². The van der Waals surface area contributed by atoms with E-state index in [0.29, 0.717) is 18.7 Å². The smallest absolute Gasteiger partial charge is 0.410 e. The molecule has 0 aliphatic carbocycles. The molecule has 1 atom stereocenters. The van der Waals surface area contributed by atoms with Gasteiger partial charge in [-0.05, 0) is 51.5 Å². The normalized spacial score (nSPS) is 16.5. The average molecular weight is 455 g/mol. The second kappa shape index (κ2) is 8.59. The molecule has 0 radical (unpaired) electrons. The van der Waals surface area contributed by atoms with Gasteiger partial charge in [-0.3, -0.25) is 0 Å². The van der Waals surface area contributed by atoms with Crippen LogP contribution in [0, 0.1) is 17.6 Å². The summed E-state index contributed by atoms with van der Waals surface area (Å²) in [5, 5.41) is 11.2. The minimum atomic E-state index is -1.31. The van der Waals surface area contributed by atoms with Crippen LogP contribution in [0.15, 0.2) is 30.5 Å². The molecule has 6 nitrogen and oxygen atoms in total. The van der Waals surface area contributed by atoms with Crippen molar-refractivity contribution < 1.29 is 28.2 Å². The highest BCUT2D eigenvalue weighted by molar-refractivity contribution is 6.30. The van der Waals surface area contributed by atoms with E-state index < -0.39 is 28.9 Å². The fourth-order valence-electron chi connectivity index (χ4n) is 3.21. The van der Waals surface area contributed by atoms with Crippen LogP contribution in [0.2, 0.25) is 5.15 Å². The zero-order valence-electron chi connectivity index (χ0n) is 17.8. The van der Waals surface area contributed by atoms with Crippen LogP contribution in [0.5, 0.6) is 5.75 Å². The van der Waals surface area contributed by atoms with E-state index in [0.717, 1.165) is 18.2 Å². The molecule has 1 aromatic heterocycles. The van der Waals surface area contributed by atoms with Crippen LogP contribution in [0.3, 0.4) is 0 Å². The summed E-state index contributed by atoms with van der Waals surface area (Å²) >= 11 is 6.09. The van der Waals surface area contributed by atoms with Gasteiger partial charge in [-0.2, -0.15) is 0 Å². The minimum Gasteiger partial charge on any atom is -0.486 e. The van der Waals surface area contributed by atoms with Crippen LogP contribution in [0.1, 0.15) is 38.8 Å². The summed E-state index contributed by atoms with van der Waals surface area (Å²) in [4.78, 5) is 17.7. The number of nitrogens with zero attached hydrogens (tertiary/aromatic N) is 2. The number of carbonyl (C=O) groups excluding carboxylic acids is 1. The van der Waals surface area contributed by atoms with E-state index in [4.69, 9.17) is 21.1 Å². The SMILES string of the molecule is CC(C)(C)OC(=O)N1CC(C(C)(O)c2cnc(Cl)c(OCc3cc(F)cc(F)c3)c2)C1. The van der Waals surface area contributed by atoms with E-state index in [-0.39, 0.29) is 29.0 Å². The molecule has 0 spiro atoms. The average Bonchev–Trinajstić information content (AvgIpc) is 2.56. The quantitative estimate of drug-likeness (QED) is 0.665. The number of rotatable bonds is 5. The van der Waals surface area contributed by atoms with Crippen LogP contribution in [0.25, 0.3) is 0 Å². The summed E-state index contributed by atoms with van der Waals surface area (Å²) in [6, 6.07) is 4.63. The third-order valence-corrected chi connectivity index (χ3v) is 5.32. The molecule has 3 rings (SSSR count). The number of benzene rings is 1. The maximum atomic E-state index is 13.4. The lowest BCUT2D eigenvalue weighted by atomic mass is 9.79. The molecule has 0 saturated carbocycles. The van der Waals surface area contributed by atoms with Gasteiger partial charge in [-0.1, -0.05) is 11.6 Å². The predicted molar refractivity (Wildman–Crippen MR) is 111 cm³/mol. The Labute approximate surface area is 184 Å². The van der Waals surface area contributed by atoms with Gasteiger partial charge >= 0.3 is 6.09 Å². The first kappa shape index (κ1) is 23.2. The Morgan fingerprint density at radius 1 is 1.19 bits per heavy atom. The first-order chi connectivity index (χ1) is 14.3. The van der Waals surface area contributed by atoms with Gasteiger partial charge in [0.05, 0.1) is 5.60 Å². The summed E-state index contributed by atoms with van der Waals surface area (Å²) in [6.45, 7) is 7.51. The van der Waals surface area contributed by atoms with Gasteiger partial charge in [0.1, 0.15) is 23.8 Å². The van der Waals surface area contributed by atoms with Crippen LogP contribution in [0.4, 0.5) is 13.6 Å². The number of carbonyl (C=O) groups is 1. The number of halogens is 3. The molecule has 9 heteroatoms. The first-order valence-electron chi connectivity index (χ1n) is 9.79. The Bertz CT molecular complexity index is 952. The number of amides is 1. The molecule has 1 amide bonds. The number of hydrogen-bond acceptors (Lipinski definition) is 5. The monoisotopic (exact) mass is 454 g/mol. The maximum Gasteiger partial charge on any atom is 0.410 e. The van der Waals surface area contributed by atoms with Crippen LogP contribution >= 0.6 is 11.6 Å². The molecular weight excluding hydrogens is 430 g/mol. The molecule has 2 heterocycles. The molecule has 1 aliphatic heterocycles. The number of hydrogen-bond donors (Lipinski definition) is 1. The minimum absolute atomic E-state index is 0.0559.